The van der Waals surface area contributed by atoms with Crippen molar-refractivity contribution < 1.29 is 4.79 Å². The van der Waals surface area contributed by atoms with Gasteiger partial charge in [0.25, 0.3) is 5.91 Å². The average Bonchev–Trinajstić information content (AvgIpc) is 2.22. The molecule has 4 heteroatoms. The lowest BCUT2D eigenvalue weighted by molar-refractivity contribution is 0.0868. The van der Waals surface area contributed by atoms with Crippen molar-refractivity contribution in [1.82, 2.24) is 5.32 Å². The lowest BCUT2D eigenvalue weighted by Crippen LogP contribution is -2.61. The molecule has 1 heterocycles. The summed E-state index contributed by atoms with van der Waals surface area (Å²) in [5, 5.41) is 2.86. The molecule has 0 spiro atoms. The van der Waals surface area contributed by atoms with Crippen molar-refractivity contribution in [2.45, 2.75) is 22.7 Å². The minimum Gasteiger partial charge on any atom is -0.346 e. The van der Waals surface area contributed by atoms with E-state index in [1.807, 2.05) is 24.3 Å². The van der Waals surface area contributed by atoms with Gasteiger partial charge in [-0.1, -0.05) is 41.4 Å². The van der Waals surface area contributed by atoms with Crippen LogP contribution < -0.4 is 5.32 Å². The minimum absolute atomic E-state index is 0.0720. The summed E-state index contributed by atoms with van der Waals surface area (Å²) in [5.74, 6) is 0.200. The molecule has 0 radical (unpaired) electrons. The van der Waals surface area contributed by atoms with Gasteiger partial charge in [0, 0.05) is 11.5 Å². The van der Waals surface area contributed by atoms with Crippen LogP contribution in [-0.4, -0.2) is 16.3 Å². The average molecular weight is 242 g/mol. The van der Waals surface area contributed by atoms with Gasteiger partial charge >= 0.3 is 0 Å². The number of hydrogen-bond donors (Lipinski definition) is 1. The summed E-state index contributed by atoms with van der Waals surface area (Å²) >= 11 is 12.1. The number of alkyl halides is 2. The zero-order valence-electron chi connectivity index (χ0n) is 7.84. The highest BCUT2D eigenvalue weighted by Gasteiger charge is 2.55. The SMILES string of the molecule is O=C1N[C@@H]2[C@@H](CC2(Cl)Cl)c2ccccc21. The Morgan fingerprint density at radius 2 is 2.07 bits per heavy atom. The highest BCUT2D eigenvalue weighted by atomic mass is 35.5. The number of amides is 1. The predicted molar refractivity (Wildman–Crippen MR) is 59.5 cm³/mol. The standard InChI is InChI=1S/C11H9Cl2NO/c12-11(13)5-8-6-3-1-2-4-7(6)10(15)14-9(8)11/h1-4,8-9H,5H2,(H,14,15)/t8-,9+/m0/s1. The molecule has 0 bridgehead atoms. The van der Waals surface area contributed by atoms with Crippen molar-refractivity contribution in [3.05, 3.63) is 35.4 Å². The van der Waals surface area contributed by atoms with E-state index in [1.54, 1.807) is 0 Å². The summed E-state index contributed by atoms with van der Waals surface area (Å²) in [4.78, 5) is 11.7. The molecule has 1 fully saturated rings. The van der Waals surface area contributed by atoms with Crippen LogP contribution in [0.5, 0.6) is 0 Å². The fourth-order valence-corrected chi connectivity index (χ4v) is 3.16. The lowest BCUT2D eigenvalue weighted by atomic mass is 9.70. The highest BCUT2D eigenvalue weighted by molar-refractivity contribution is 6.50. The van der Waals surface area contributed by atoms with Gasteiger partial charge < -0.3 is 5.32 Å². The molecular weight excluding hydrogens is 233 g/mol. The van der Waals surface area contributed by atoms with E-state index >= 15 is 0 Å². The molecule has 1 N–H and O–H groups in total. The lowest BCUT2D eigenvalue weighted by Gasteiger charge is -2.50. The first-order valence-corrected chi connectivity index (χ1v) is 5.63. The van der Waals surface area contributed by atoms with Crippen LogP contribution in [0.25, 0.3) is 0 Å². The number of nitrogens with one attached hydrogen (secondary N) is 1. The monoisotopic (exact) mass is 241 g/mol. The Morgan fingerprint density at radius 1 is 1.33 bits per heavy atom. The zero-order valence-corrected chi connectivity index (χ0v) is 9.35. The van der Waals surface area contributed by atoms with Gasteiger partial charge in [0.1, 0.15) is 4.33 Å². The number of fused-ring (bicyclic) bond motifs is 3. The van der Waals surface area contributed by atoms with Crippen molar-refractivity contribution in [3.8, 4) is 0 Å². The van der Waals surface area contributed by atoms with Crippen LogP contribution in [0, 0.1) is 0 Å². The molecule has 2 nitrogen and oxygen atoms in total. The summed E-state index contributed by atoms with van der Waals surface area (Å²) in [7, 11) is 0. The molecule has 78 valence electrons. The summed E-state index contributed by atoms with van der Waals surface area (Å²) < 4.78 is -0.798. The highest BCUT2D eigenvalue weighted by Crippen LogP contribution is 2.53. The Hall–Kier alpha value is -0.730. The number of benzene rings is 1. The Balaban J connectivity index is 2.08. The van der Waals surface area contributed by atoms with Gasteiger partial charge in [-0.15, -0.1) is 0 Å². The molecule has 1 aromatic rings. The van der Waals surface area contributed by atoms with Crippen LogP contribution in [0.2, 0.25) is 0 Å². The van der Waals surface area contributed by atoms with Crippen LogP contribution in [0.1, 0.15) is 28.3 Å². The van der Waals surface area contributed by atoms with E-state index in [-0.39, 0.29) is 17.9 Å². The molecule has 1 amide bonds. The summed E-state index contributed by atoms with van der Waals surface area (Å²) in [5.41, 5.74) is 1.82. The maximum absolute atomic E-state index is 11.7. The van der Waals surface area contributed by atoms with Crippen LogP contribution in [0.4, 0.5) is 0 Å². The van der Waals surface area contributed by atoms with Crippen LogP contribution >= 0.6 is 23.2 Å². The van der Waals surface area contributed by atoms with Crippen molar-refractivity contribution in [1.29, 1.82) is 0 Å². The normalized spacial score (nSPS) is 30.9. The topological polar surface area (TPSA) is 29.1 Å². The van der Waals surface area contributed by atoms with Crippen LogP contribution in [-0.2, 0) is 0 Å². The molecule has 2 atom stereocenters. The number of halogens is 2. The third-order valence-corrected chi connectivity index (χ3v) is 4.02. The Morgan fingerprint density at radius 3 is 2.80 bits per heavy atom. The molecule has 0 aromatic heterocycles. The second kappa shape index (κ2) is 2.89. The van der Waals surface area contributed by atoms with Crippen molar-refractivity contribution in [3.63, 3.8) is 0 Å². The first kappa shape index (κ1) is 9.49. The molecule has 3 rings (SSSR count). The summed E-state index contributed by atoms with van der Waals surface area (Å²) in [6.07, 6.45) is 0.706. The van der Waals surface area contributed by atoms with Crippen molar-refractivity contribution >= 4 is 29.1 Å². The third kappa shape index (κ3) is 1.21. The second-order valence-corrected chi connectivity index (χ2v) is 5.65. The van der Waals surface area contributed by atoms with Gasteiger partial charge in [-0.3, -0.25) is 4.79 Å². The van der Waals surface area contributed by atoms with Gasteiger partial charge in [0.15, 0.2) is 0 Å². The first-order valence-electron chi connectivity index (χ1n) is 4.87. The first-order chi connectivity index (χ1) is 7.09. The maximum Gasteiger partial charge on any atom is 0.251 e. The largest absolute Gasteiger partial charge is 0.346 e. The van der Waals surface area contributed by atoms with E-state index in [0.29, 0.717) is 6.42 Å². The molecule has 1 saturated carbocycles. The third-order valence-electron chi connectivity index (χ3n) is 3.24. The quantitative estimate of drug-likeness (QED) is 0.695. The van der Waals surface area contributed by atoms with E-state index in [1.165, 1.54) is 0 Å². The van der Waals surface area contributed by atoms with Gasteiger partial charge in [-0.05, 0) is 18.1 Å². The van der Waals surface area contributed by atoms with Gasteiger partial charge in [0.05, 0.1) is 6.04 Å². The molecule has 2 aliphatic rings. The molecule has 1 aromatic carbocycles. The van der Waals surface area contributed by atoms with E-state index < -0.39 is 4.33 Å². The van der Waals surface area contributed by atoms with Crippen molar-refractivity contribution in [2.24, 2.45) is 0 Å². The second-order valence-electron chi connectivity index (χ2n) is 4.11. The molecular formula is C11H9Cl2NO. The Kier molecular flexibility index (Phi) is 1.83. The minimum atomic E-state index is -0.798. The maximum atomic E-state index is 11.7. The van der Waals surface area contributed by atoms with Crippen molar-refractivity contribution in [2.75, 3.05) is 0 Å². The predicted octanol–water partition coefficient (Wildman–Crippen LogP) is 2.46. The van der Waals surface area contributed by atoms with E-state index in [2.05, 4.69) is 5.32 Å². The molecule has 15 heavy (non-hydrogen) atoms. The molecule has 0 unspecified atom stereocenters. The number of carbonyl (C=O) groups excluding carboxylic acids is 1. The Labute approximate surface area is 97.6 Å². The fraction of sp³-hybridized carbons (Fsp3) is 0.364. The van der Waals surface area contributed by atoms with Gasteiger partial charge in [-0.2, -0.15) is 0 Å². The van der Waals surface area contributed by atoms with Gasteiger partial charge in [-0.25, -0.2) is 0 Å². The summed E-state index contributed by atoms with van der Waals surface area (Å²) in [6, 6.07) is 7.49. The fourth-order valence-electron chi connectivity index (χ4n) is 2.41. The number of carbonyl (C=O) groups is 1. The molecule has 1 aliphatic carbocycles. The molecule has 1 aliphatic heterocycles. The Bertz CT molecular complexity index is 444. The smallest absolute Gasteiger partial charge is 0.251 e. The van der Waals surface area contributed by atoms with E-state index in [4.69, 9.17) is 23.2 Å². The van der Waals surface area contributed by atoms with Crippen LogP contribution in [0.15, 0.2) is 24.3 Å². The van der Waals surface area contributed by atoms with E-state index in [0.717, 1.165) is 11.1 Å². The van der Waals surface area contributed by atoms with E-state index in [9.17, 15) is 4.79 Å². The van der Waals surface area contributed by atoms with Gasteiger partial charge in [0.2, 0.25) is 0 Å². The number of rotatable bonds is 0. The summed E-state index contributed by atoms with van der Waals surface area (Å²) in [6.45, 7) is 0. The number of hydrogen-bond acceptors (Lipinski definition) is 1. The zero-order chi connectivity index (χ0) is 10.6. The van der Waals surface area contributed by atoms with Crippen LogP contribution in [0.3, 0.4) is 0 Å². The molecule has 0 saturated heterocycles.